The molecule has 0 unspecified atom stereocenters. The summed E-state index contributed by atoms with van der Waals surface area (Å²) in [4.78, 5) is 13.7. The van der Waals surface area contributed by atoms with Gasteiger partial charge in [-0.05, 0) is 32.9 Å². The van der Waals surface area contributed by atoms with Crippen LogP contribution in [-0.4, -0.2) is 30.3 Å². The van der Waals surface area contributed by atoms with Gasteiger partial charge >= 0.3 is 0 Å². The van der Waals surface area contributed by atoms with Crippen molar-refractivity contribution in [2.24, 2.45) is 5.41 Å². The second kappa shape index (κ2) is 7.00. The van der Waals surface area contributed by atoms with Gasteiger partial charge in [-0.25, -0.2) is 0 Å². The summed E-state index contributed by atoms with van der Waals surface area (Å²) in [5, 5.41) is 0. The van der Waals surface area contributed by atoms with E-state index >= 15 is 0 Å². The normalized spacial score (nSPS) is 17.9. The van der Waals surface area contributed by atoms with Crippen molar-refractivity contribution in [1.82, 2.24) is 4.90 Å². The number of carbonyl (C=O) groups excluding carboxylic acids is 1. The lowest BCUT2D eigenvalue weighted by Gasteiger charge is -2.33. The van der Waals surface area contributed by atoms with Crippen LogP contribution in [-0.2, 0) is 4.79 Å². The van der Waals surface area contributed by atoms with Gasteiger partial charge in [-0.15, -0.1) is 0 Å². The van der Waals surface area contributed by atoms with Crippen molar-refractivity contribution in [2.75, 3.05) is 19.6 Å². The lowest BCUT2D eigenvalue weighted by molar-refractivity contribution is -0.125. The third-order valence-electron chi connectivity index (χ3n) is 3.02. The van der Waals surface area contributed by atoms with E-state index in [1.165, 1.54) is 32.4 Å². The summed E-state index contributed by atoms with van der Waals surface area (Å²) in [7, 11) is 0. The third kappa shape index (κ3) is 5.31. The van der Waals surface area contributed by atoms with Gasteiger partial charge in [0.2, 0.25) is 0 Å². The van der Waals surface area contributed by atoms with Crippen LogP contribution in [0.3, 0.4) is 0 Å². The predicted octanol–water partition coefficient (Wildman–Crippen LogP) is 3.11. The highest BCUT2D eigenvalue weighted by molar-refractivity contribution is 5.81. The maximum Gasteiger partial charge on any atom is 0.136 e. The van der Waals surface area contributed by atoms with Gasteiger partial charge in [0.05, 0.1) is 0 Å². The molecule has 15 heavy (non-hydrogen) atoms. The molecule has 0 aliphatic carbocycles. The average molecular weight is 213 g/mol. The van der Waals surface area contributed by atoms with E-state index in [-0.39, 0.29) is 5.41 Å². The fraction of sp³-hybridized carbons (Fsp3) is 0.923. The molecular weight excluding hydrogens is 186 g/mol. The molecule has 0 bridgehead atoms. The van der Waals surface area contributed by atoms with Gasteiger partial charge in [-0.3, -0.25) is 4.79 Å². The average Bonchev–Trinajstić information content (AvgIpc) is 2.21. The van der Waals surface area contributed by atoms with Gasteiger partial charge in [0, 0.05) is 12.0 Å². The van der Waals surface area contributed by atoms with Gasteiger partial charge in [0.25, 0.3) is 0 Å². The van der Waals surface area contributed by atoms with Gasteiger partial charge < -0.3 is 4.90 Å². The molecular formula is C13H27NO. The van der Waals surface area contributed by atoms with Crippen LogP contribution in [0.2, 0.25) is 0 Å². The highest BCUT2D eigenvalue weighted by atomic mass is 16.1. The molecule has 0 aromatic carbocycles. The number of piperidine rings is 1. The lowest BCUT2D eigenvalue weighted by Crippen LogP contribution is -2.40. The summed E-state index contributed by atoms with van der Waals surface area (Å²) in [6.07, 6.45) is 3.96. The van der Waals surface area contributed by atoms with Crippen LogP contribution < -0.4 is 0 Å². The van der Waals surface area contributed by atoms with Crippen LogP contribution in [0.25, 0.3) is 0 Å². The number of hydrogen-bond acceptors (Lipinski definition) is 2. The first kappa shape index (κ1) is 14.6. The Bertz CT molecular complexity index is 181. The Balaban J connectivity index is 0.000000921. The molecule has 0 atom stereocenters. The van der Waals surface area contributed by atoms with Crippen LogP contribution in [0, 0.1) is 5.41 Å². The maximum atomic E-state index is 11.3. The fourth-order valence-electron chi connectivity index (χ4n) is 1.79. The Morgan fingerprint density at radius 1 is 1.13 bits per heavy atom. The SMILES string of the molecule is CC.CC(=O)C(C)(C)CN1CCCCC1. The van der Waals surface area contributed by atoms with E-state index in [1.54, 1.807) is 6.92 Å². The zero-order valence-corrected chi connectivity index (χ0v) is 11.1. The van der Waals surface area contributed by atoms with Gasteiger partial charge in [0.1, 0.15) is 5.78 Å². The number of Topliss-reactive ketones (excluding diaryl/α,β-unsaturated/α-hetero) is 1. The number of carbonyl (C=O) groups is 1. The van der Waals surface area contributed by atoms with Crippen molar-refractivity contribution in [1.29, 1.82) is 0 Å². The van der Waals surface area contributed by atoms with E-state index in [9.17, 15) is 4.79 Å². The zero-order valence-electron chi connectivity index (χ0n) is 11.1. The fourth-order valence-corrected chi connectivity index (χ4v) is 1.79. The molecule has 0 aromatic rings. The first-order chi connectivity index (χ1) is 7.02. The quantitative estimate of drug-likeness (QED) is 0.718. The summed E-state index contributed by atoms with van der Waals surface area (Å²) in [6, 6.07) is 0. The minimum atomic E-state index is -0.155. The molecule has 1 aliphatic heterocycles. The van der Waals surface area contributed by atoms with Crippen LogP contribution in [0.1, 0.15) is 53.9 Å². The Morgan fingerprint density at radius 3 is 2.00 bits per heavy atom. The van der Waals surface area contributed by atoms with E-state index in [1.807, 2.05) is 27.7 Å². The molecule has 0 aromatic heterocycles. The summed E-state index contributed by atoms with van der Waals surface area (Å²) in [5.41, 5.74) is -0.155. The summed E-state index contributed by atoms with van der Waals surface area (Å²) < 4.78 is 0. The van der Waals surface area contributed by atoms with Crippen LogP contribution in [0.5, 0.6) is 0 Å². The molecule has 1 rings (SSSR count). The van der Waals surface area contributed by atoms with E-state index in [0.29, 0.717) is 5.78 Å². The topological polar surface area (TPSA) is 20.3 Å². The van der Waals surface area contributed by atoms with Crippen molar-refractivity contribution in [2.45, 2.75) is 53.9 Å². The van der Waals surface area contributed by atoms with Gasteiger partial charge in [-0.2, -0.15) is 0 Å². The van der Waals surface area contributed by atoms with Crippen LogP contribution in [0.4, 0.5) is 0 Å². The van der Waals surface area contributed by atoms with E-state index in [2.05, 4.69) is 4.90 Å². The van der Waals surface area contributed by atoms with Gasteiger partial charge in [-0.1, -0.05) is 34.1 Å². The van der Waals surface area contributed by atoms with E-state index in [0.717, 1.165) is 6.54 Å². The summed E-state index contributed by atoms with van der Waals surface area (Å²) in [5.74, 6) is 0.304. The van der Waals surface area contributed by atoms with Crippen molar-refractivity contribution >= 4 is 5.78 Å². The summed E-state index contributed by atoms with van der Waals surface area (Å²) in [6.45, 7) is 13.1. The Morgan fingerprint density at radius 2 is 1.60 bits per heavy atom. The highest BCUT2D eigenvalue weighted by Crippen LogP contribution is 2.20. The molecule has 2 nitrogen and oxygen atoms in total. The smallest absolute Gasteiger partial charge is 0.136 e. The van der Waals surface area contributed by atoms with Crippen molar-refractivity contribution in [3.8, 4) is 0 Å². The van der Waals surface area contributed by atoms with Crippen molar-refractivity contribution in [3.05, 3.63) is 0 Å². The number of nitrogens with zero attached hydrogens (tertiary/aromatic N) is 1. The third-order valence-corrected chi connectivity index (χ3v) is 3.02. The molecule has 2 heteroatoms. The maximum absolute atomic E-state index is 11.3. The molecule has 0 saturated carbocycles. The molecule has 0 spiro atoms. The Labute approximate surface area is 95.0 Å². The minimum Gasteiger partial charge on any atom is -0.302 e. The van der Waals surface area contributed by atoms with Gasteiger partial charge in [0.15, 0.2) is 0 Å². The van der Waals surface area contributed by atoms with Crippen LogP contribution >= 0.6 is 0 Å². The Kier molecular flexibility index (Phi) is 6.82. The van der Waals surface area contributed by atoms with Crippen LogP contribution in [0.15, 0.2) is 0 Å². The zero-order chi connectivity index (χ0) is 11.9. The van der Waals surface area contributed by atoms with Crippen molar-refractivity contribution in [3.63, 3.8) is 0 Å². The second-order valence-electron chi connectivity index (χ2n) is 4.78. The molecule has 0 radical (unpaired) electrons. The second-order valence-corrected chi connectivity index (χ2v) is 4.78. The Hall–Kier alpha value is -0.370. The van der Waals surface area contributed by atoms with Crippen molar-refractivity contribution < 1.29 is 4.79 Å². The van der Waals surface area contributed by atoms with E-state index in [4.69, 9.17) is 0 Å². The largest absolute Gasteiger partial charge is 0.302 e. The number of rotatable bonds is 3. The standard InChI is InChI=1S/C11H21NO.C2H6/c1-10(13)11(2,3)9-12-7-5-4-6-8-12;1-2/h4-9H2,1-3H3;1-2H3. The summed E-state index contributed by atoms with van der Waals surface area (Å²) >= 11 is 0. The molecule has 0 N–H and O–H groups in total. The molecule has 1 heterocycles. The van der Waals surface area contributed by atoms with E-state index < -0.39 is 0 Å². The molecule has 1 saturated heterocycles. The highest BCUT2D eigenvalue weighted by Gasteiger charge is 2.26. The number of hydrogen-bond donors (Lipinski definition) is 0. The molecule has 0 amide bonds. The monoisotopic (exact) mass is 213 g/mol. The first-order valence-electron chi connectivity index (χ1n) is 6.26. The number of likely N-dealkylation sites (tertiary alicyclic amines) is 1. The molecule has 90 valence electrons. The lowest BCUT2D eigenvalue weighted by atomic mass is 9.88. The first-order valence-corrected chi connectivity index (χ1v) is 6.26. The number of ketones is 1. The molecule has 1 aliphatic rings. The predicted molar refractivity (Wildman–Crippen MR) is 66.1 cm³/mol. The minimum absolute atomic E-state index is 0.155. The molecule has 1 fully saturated rings.